The van der Waals surface area contributed by atoms with Crippen LogP contribution in [0.1, 0.15) is 23.7 Å². The molecule has 6 heteroatoms. The second-order valence-corrected chi connectivity index (χ2v) is 2.96. The van der Waals surface area contributed by atoms with Crippen LogP contribution in [-0.4, -0.2) is 17.7 Å². The van der Waals surface area contributed by atoms with Gasteiger partial charge < -0.3 is 20.1 Å². The number of phenolic OH excluding ortho intramolecular Hbond substituents is 1. The fraction of sp³-hybridized carbons (Fsp3) is 0.300. The van der Waals surface area contributed by atoms with E-state index < -0.39 is 23.2 Å². The molecule has 0 amide bonds. The summed E-state index contributed by atoms with van der Waals surface area (Å²) < 4.78 is 4.74. The van der Waals surface area contributed by atoms with Crippen LogP contribution in [-0.2, 0) is 21.8 Å². The summed E-state index contributed by atoms with van der Waals surface area (Å²) in [6.45, 7) is 2.05. The Morgan fingerprint density at radius 3 is 2.56 bits per heavy atom. The number of esters is 1. The molecule has 91 valence electrons. The molecule has 0 unspecified atom stereocenters. The Balaban J connectivity index is 0.00000225. The van der Waals surface area contributed by atoms with Crippen LogP contribution >= 0.6 is 0 Å². The molecule has 16 heavy (non-hydrogen) atoms. The summed E-state index contributed by atoms with van der Waals surface area (Å²) in [6.07, 6.45) is 0.654. The molecule has 0 aliphatic heterocycles. The Morgan fingerprint density at radius 2 is 2.06 bits per heavy atom. The van der Waals surface area contributed by atoms with Crippen LogP contribution < -0.4 is 10.2 Å². The average Bonchev–Trinajstić information content (AvgIpc) is 2.21. The standard InChI is InChI=1S/C10H12O5.Cu/c1-2-3-15-10(14)6-4-7(11)9(13)8(12)5-6;/h4-5,11-13H,2-3H2,1H3;/q;+2/p-2. The number of hydrogen-bond donors (Lipinski definition) is 1. The molecule has 0 saturated heterocycles. The molecule has 1 aromatic carbocycles. The summed E-state index contributed by atoms with van der Waals surface area (Å²) in [4.78, 5) is 11.2. The smallest absolute Gasteiger partial charge is 0.873 e. The molecule has 0 atom stereocenters. The molecule has 1 aromatic rings. The van der Waals surface area contributed by atoms with E-state index in [1.807, 2.05) is 6.92 Å². The van der Waals surface area contributed by atoms with Crippen LogP contribution in [0, 0.1) is 0 Å². The van der Waals surface area contributed by atoms with Gasteiger partial charge in [-0.2, -0.15) is 0 Å². The number of benzene rings is 1. The van der Waals surface area contributed by atoms with Gasteiger partial charge in [0.2, 0.25) is 0 Å². The van der Waals surface area contributed by atoms with Crippen LogP contribution in [0.3, 0.4) is 0 Å². The van der Waals surface area contributed by atoms with Crippen LogP contribution in [0.2, 0.25) is 0 Å². The van der Waals surface area contributed by atoms with Crippen molar-refractivity contribution < 1.29 is 41.9 Å². The van der Waals surface area contributed by atoms with Gasteiger partial charge in [0.15, 0.2) is 0 Å². The quantitative estimate of drug-likeness (QED) is 0.623. The monoisotopic (exact) mass is 273 g/mol. The molecule has 0 bridgehead atoms. The van der Waals surface area contributed by atoms with Crippen molar-refractivity contribution in [1.82, 2.24) is 0 Å². The molecule has 5 nitrogen and oxygen atoms in total. The predicted molar refractivity (Wildman–Crippen MR) is 47.6 cm³/mol. The average molecular weight is 274 g/mol. The Bertz CT molecular complexity index is 354. The second-order valence-electron chi connectivity index (χ2n) is 2.96. The number of ether oxygens (including phenoxy) is 1. The number of hydrogen-bond acceptors (Lipinski definition) is 5. The minimum atomic E-state index is -1.01. The fourth-order valence-electron chi connectivity index (χ4n) is 0.983. The summed E-state index contributed by atoms with van der Waals surface area (Å²) in [6, 6.07) is 1.79. The maximum absolute atomic E-state index is 11.2. The van der Waals surface area contributed by atoms with Crippen molar-refractivity contribution in [3.05, 3.63) is 17.7 Å². The Hall–Kier alpha value is -1.39. The van der Waals surface area contributed by atoms with E-state index in [1.165, 1.54) is 0 Å². The van der Waals surface area contributed by atoms with Gasteiger partial charge in [0, 0.05) is 0 Å². The maximum atomic E-state index is 11.2. The second kappa shape index (κ2) is 6.25. The fourth-order valence-corrected chi connectivity index (χ4v) is 0.983. The third-order valence-corrected chi connectivity index (χ3v) is 1.71. The molecule has 1 rings (SSSR count). The first-order valence-electron chi connectivity index (χ1n) is 4.44. The zero-order chi connectivity index (χ0) is 11.4. The van der Waals surface area contributed by atoms with Gasteiger partial charge in [-0.3, -0.25) is 0 Å². The zero-order valence-electron chi connectivity index (χ0n) is 8.45. The van der Waals surface area contributed by atoms with E-state index in [4.69, 9.17) is 9.84 Å². The maximum Gasteiger partial charge on any atom is 2.00 e. The van der Waals surface area contributed by atoms with E-state index >= 15 is 0 Å². The number of carbonyl (C=O) groups excluding carboxylic acids is 1. The van der Waals surface area contributed by atoms with Crippen molar-refractivity contribution in [1.29, 1.82) is 0 Å². The van der Waals surface area contributed by atoms with Gasteiger partial charge in [-0.25, -0.2) is 4.79 Å². The summed E-state index contributed by atoms with van der Waals surface area (Å²) in [7, 11) is 0. The first kappa shape index (κ1) is 14.6. The van der Waals surface area contributed by atoms with Crippen LogP contribution in [0.5, 0.6) is 17.2 Å². The Morgan fingerprint density at radius 1 is 1.44 bits per heavy atom. The molecule has 0 aliphatic rings. The van der Waals surface area contributed by atoms with Gasteiger partial charge in [0.05, 0.1) is 12.2 Å². The first-order valence-corrected chi connectivity index (χ1v) is 4.44. The van der Waals surface area contributed by atoms with E-state index in [1.54, 1.807) is 0 Å². The molecule has 0 heterocycles. The van der Waals surface area contributed by atoms with E-state index in [9.17, 15) is 15.0 Å². The van der Waals surface area contributed by atoms with Gasteiger partial charge >= 0.3 is 23.0 Å². The summed E-state index contributed by atoms with van der Waals surface area (Å²) in [5.41, 5.74) is -0.106. The zero-order valence-corrected chi connectivity index (χ0v) is 9.39. The molecule has 0 saturated carbocycles. The number of carbonyl (C=O) groups is 1. The number of rotatable bonds is 3. The van der Waals surface area contributed by atoms with Gasteiger partial charge in [-0.1, -0.05) is 18.7 Å². The molecule has 0 fully saturated rings. The molecule has 0 spiro atoms. The third kappa shape index (κ3) is 3.32. The van der Waals surface area contributed by atoms with Crippen molar-refractivity contribution in [2.24, 2.45) is 0 Å². The van der Waals surface area contributed by atoms with E-state index in [-0.39, 0.29) is 29.2 Å². The SMILES string of the molecule is CCCOC(=O)c1cc([O-])c([O-])c(O)c1.[Cu+2]. The number of aromatic hydroxyl groups is 1. The molecule has 1 N–H and O–H groups in total. The summed E-state index contributed by atoms with van der Waals surface area (Å²) >= 11 is 0. The third-order valence-electron chi connectivity index (χ3n) is 1.71. The summed E-state index contributed by atoms with van der Waals surface area (Å²) in [5, 5.41) is 30.8. The molecular weight excluding hydrogens is 264 g/mol. The Kier molecular flexibility index (Phi) is 5.71. The van der Waals surface area contributed by atoms with Gasteiger partial charge in [-0.05, 0) is 12.5 Å². The minimum Gasteiger partial charge on any atom is -0.873 e. The van der Waals surface area contributed by atoms with Crippen LogP contribution in [0.4, 0.5) is 0 Å². The Labute approximate surface area is 103 Å². The van der Waals surface area contributed by atoms with Crippen molar-refractivity contribution in [2.75, 3.05) is 6.61 Å². The molecular formula is C10H10CuO5. The molecule has 0 aromatic heterocycles. The van der Waals surface area contributed by atoms with Crippen LogP contribution in [0.15, 0.2) is 12.1 Å². The van der Waals surface area contributed by atoms with E-state index in [0.29, 0.717) is 6.42 Å². The normalized spacial score (nSPS) is 9.31. The number of phenols is 1. The van der Waals surface area contributed by atoms with Gasteiger partial charge in [-0.15, -0.1) is 5.75 Å². The van der Waals surface area contributed by atoms with E-state index in [2.05, 4.69) is 0 Å². The van der Waals surface area contributed by atoms with Crippen molar-refractivity contribution in [2.45, 2.75) is 13.3 Å². The van der Waals surface area contributed by atoms with E-state index in [0.717, 1.165) is 12.1 Å². The topological polar surface area (TPSA) is 92.7 Å². The predicted octanol–water partition coefficient (Wildman–Crippen LogP) is 0.104. The van der Waals surface area contributed by atoms with Crippen molar-refractivity contribution >= 4 is 5.97 Å². The largest absolute Gasteiger partial charge is 2.00 e. The summed E-state index contributed by atoms with van der Waals surface area (Å²) in [5.74, 6) is -3.38. The first-order chi connectivity index (χ1) is 7.06. The van der Waals surface area contributed by atoms with Gasteiger partial charge in [0.25, 0.3) is 0 Å². The van der Waals surface area contributed by atoms with Crippen molar-refractivity contribution in [3.8, 4) is 17.2 Å². The van der Waals surface area contributed by atoms with Crippen LogP contribution in [0.25, 0.3) is 0 Å². The molecule has 1 radical (unpaired) electrons. The van der Waals surface area contributed by atoms with Crippen molar-refractivity contribution in [3.63, 3.8) is 0 Å². The molecule has 0 aliphatic carbocycles. The minimum absolute atomic E-state index is 0. The van der Waals surface area contributed by atoms with Gasteiger partial charge in [0.1, 0.15) is 5.75 Å².